The van der Waals surface area contributed by atoms with Gasteiger partial charge in [-0.25, -0.2) is 4.98 Å². The summed E-state index contributed by atoms with van der Waals surface area (Å²) in [5.74, 6) is -0.0328. The molecule has 0 aliphatic carbocycles. The van der Waals surface area contributed by atoms with Gasteiger partial charge in [0.25, 0.3) is 0 Å². The highest BCUT2D eigenvalue weighted by Crippen LogP contribution is 2.38. The number of benzene rings is 3. The molecule has 0 bridgehead atoms. The van der Waals surface area contributed by atoms with Gasteiger partial charge in [0.15, 0.2) is 5.78 Å². The third-order valence-electron chi connectivity index (χ3n) is 4.89. The second kappa shape index (κ2) is 9.10. The standard InChI is InChI=1S/C27H22N2O/c1-20(30)26-17-8-14-23(29-26)18-19-28-27-24(21-10-4-2-5-11-21)15-9-16-25(27)22-12-6-3-7-13-22/h2-17,19H,18H2,1H3. The highest BCUT2D eigenvalue weighted by Gasteiger charge is 2.11. The Morgan fingerprint density at radius 3 is 1.90 bits per heavy atom. The molecular formula is C27H22N2O. The van der Waals surface area contributed by atoms with E-state index in [9.17, 15) is 4.79 Å². The van der Waals surface area contributed by atoms with Crippen LogP contribution in [0.5, 0.6) is 0 Å². The first kappa shape index (κ1) is 19.5. The van der Waals surface area contributed by atoms with Gasteiger partial charge in [0.2, 0.25) is 0 Å². The van der Waals surface area contributed by atoms with Gasteiger partial charge in [-0.2, -0.15) is 0 Å². The van der Waals surface area contributed by atoms with Gasteiger partial charge in [0, 0.05) is 36.4 Å². The van der Waals surface area contributed by atoms with E-state index in [0.29, 0.717) is 12.1 Å². The van der Waals surface area contributed by atoms with Crippen LogP contribution in [0, 0.1) is 0 Å². The van der Waals surface area contributed by atoms with Crippen molar-refractivity contribution in [3.8, 4) is 22.3 Å². The molecule has 4 rings (SSSR count). The minimum atomic E-state index is -0.0328. The molecule has 4 aromatic rings. The Kier molecular flexibility index (Phi) is 5.90. The third-order valence-corrected chi connectivity index (χ3v) is 4.89. The van der Waals surface area contributed by atoms with Crippen molar-refractivity contribution < 1.29 is 4.79 Å². The molecule has 0 spiro atoms. The van der Waals surface area contributed by atoms with Crippen LogP contribution in [-0.4, -0.2) is 17.0 Å². The van der Waals surface area contributed by atoms with Crippen molar-refractivity contribution in [2.75, 3.05) is 0 Å². The minimum absolute atomic E-state index is 0.0328. The molecule has 0 unspecified atom stereocenters. The molecule has 0 radical (unpaired) electrons. The highest BCUT2D eigenvalue weighted by molar-refractivity contribution is 5.92. The minimum Gasteiger partial charge on any atom is -0.293 e. The average molecular weight is 390 g/mol. The summed E-state index contributed by atoms with van der Waals surface area (Å²) >= 11 is 0. The van der Waals surface area contributed by atoms with Crippen molar-refractivity contribution in [1.82, 2.24) is 4.98 Å². The average Bonchev–Trinajstić information content (AvgIpc) is 2.80. The van der Waals surface area contributed by atoms with Crippen molar-refractivity contribution in [3.63, 3.8) is 0 Å². The summed E-state index contributed by atoms with van der Waals surface area (Å²) < 4.78 is 0. The van der Waals surface area contributed by atoms with Gasteiger partial charge >= 0.3 is 0 Å². The van der Waals surface area contributed by atoms with Crippen molar-refractivity contribution >= 4 is 17.7 Å². The van der Waals surface area contributed by atoms with Crippen molar-refractivity contribution in [3.05, 3.63) is 108 Å². The van der Waals surface area contributed by atoms with Crippen molar-refractivity contribution in [2.24, 2.45) is 4.99 Å². The SMILES string of the molecule is CC(=O)c1cccc(CC=Nc2c(-c3ccccc3)cccc2-c2ccccc2)n1. The molecule has 0 saturated carbocycles. The summed E-state index contributed by atoms with van der Waals surface area (Å²) in [6.45, 7) is 1.53. The lowest BCUT2D eigenvalue weighted by Gasteiger charge is -2.12. The number of para-hydroxylation sites is 1. The second-order valence-corrected chi connectivity index (χ2v) is 7.02. The molecule has 3 heteroatoms. The van der Waals surface area contributed by atoms with Crippen LogP contribution in [0.1, 0.15) is 23.1 Å². The van der Waals surface area contributed by atoms with Gasteiger partial charge < -0.3 is 0 Å². The largest absolute Gasteiger partial charge is 0.293 e. The summed E-state index contributed by atoms with van der Waals surface area (Å²) in [5.41, 5.74) is 6.65. The topological polar surface area (TPSA) is 42.3 Å². The van der Waals surface area contributed by atoms with Crippen LogP contribution in [0.15, 0.2) is 102 Å². The number of nitrogens with zero attached hydrogens (tertiary/aromatic N) is 2. The fraction of sp³-hybridized carbons (Fsp3) is 0.0741. The molecule has 0 aliphatic rings. The smallest absolute Gasteiger partial charge is 0.178 e. The monoisotopic (exact) mass is 390 g/mol. The van der Waals surface area contributed by atoms with Crippen LogP contribution >= 0.6 is 0 Å². The number of carbonyl (C=O) groups is 1. The van der Waals surface area contributed by atoms with E-state index in [1.807, 2.05) is 54.7 Å². The lowest BCUT2D eigenvalue weighted by Crippen LogP contribution is -2.00. The number of hydrogen-bond donors (Lipinski definition) is 0. The maximum absolute atomic E-state index is 11.6. The first-order chi connectivity index (χ1) is 14.7. The van der Waals surface area contributed by atoms with Crippen molar-refractivity contribution in [2.45, 2.75) is 13.3 Å². The fourth-order valence-corrected chi connectivity index (χ4v) is 3.40. The zero-order chi connectivity index (χ0) is 20.8. The third kappa shape index (κ3) is 4.41. The first-order valence-corrected chi connectivity index (χ1v) is 9.95. The molecule has 30 heavy (non-hydrogen) atoms. The number of rotatable bonds is 6. The van der Waals surface area contributed by atoms with Gasteiger partial charge in [0.1, 0.15) is 5.69 Å². The number of aliphatic imine (C=N–C) groups is 1. The number of ketones is 1. The van der Waals surface area contributed by atoms with Crippen LogP contribution < -0.4 is 0 Å². The molecule has 146 valence electrons. The van der Waals surface area contributed by atoms with Crippen LogP contribution in [0.4, 0.5) is 5.69 Å². The van der Waals surface area contributed by atoms with Gasteiger partial charge in [-0.05, 0) is 23.3 Å². The van der Waals surface area contributed by atoms with Crippen LogP contribution in [0.2, 0.25) is 0 Å². The summed E-state index contributed by atoms with van der Waals surface area (Å²) in [7, 11) is 0. The maximum Gasteiger partial charge on any atom is 0.178 e. The Morgan fingerprint density at radius 2 is 1.33 bits per heavy atom. The molecule has 0 aliphatic heterocycles. The van der Waals surface area contributed by atoms with E-state index >= 15 is 0 Å². The maximum atomic E-state index is 11.6. The highest BCUT2D eigenvalue weighted by atomic mass is 16.1. The van der Waals surface area contributed by atoms with E-state index in [2.05, 4.69) is 47.4 Å². The summed E-state index contributed by atoms with van der Waals surface area (Å²) in [6, 6.07) is 32.4. The normalized spacial score (nSPS) is 11.0. The zero-order valence-corrected chi connectivity index (χ0v) is 16.8. The number of hydrogen-bond acceptors (Lipinski definition) is 3. The molecule has 0 saturated heterocycles. The Morgan fingerprint density at radius 1 is 0.767 bits per heavy atom. The Balaban J connectivity index is 1.74. The van der Waals surface area contributed by atoms with E-state index in [1.165, 1.54) is 6.92 Å². The molecule has 3 nitrogen and oxygen atoms in total. The second-order valence-electron chi connectivity index (χ2n) is 7.02. The lowest BCUT2D eigenvalue weighted by atomic mass is 9.96. The molecule has 0 fully saturated rings. The van der Waals surface area contributed by atoms with E-state index < -0.39 is 0 Å². The van der Waals surface area contributed by atoms with Crippen LogP contribution in [0.3, 0.4) is 0 Å². The number of carbonyl (C=O) groups excluding carboxylic acids is 1. The molecule has 1 aromatic heterocycles. The van der Waals surface area contributed by atoms with E-state index in [4.69, 9.17) is 4.99 Å². The molecular weight excluding hydrogens is 368 g/mol. The molecule has 0 atom stereocenters. The number of pyridine rings is 1. The predicted octanol–water partition coefficient (Wildman–Crippen LogP) is 6.56. The van der Waals surface area contributed by atoms with Crippen LogP contribution in [0.25, 0.3) is 22.3 Å². The van der Waals surface area contributed by atoms with E-state index in [1.54, 1.807) is 6.07 Å². The van der Waals surface area contributed by atoms with Crippen molar-refractivity contribution in [1.29, 1.82) is 0 Å². The van der Waals surface area contributed by atoms with Gasteiger partial charge in [0.05, 0.1) is 5.69 Å². The molecule has 3 aromatic carbocycles. The first-order valence-electron chi connectivity index (χ1n) is 9.95. The Labute approximate surface area is 176 Å². The zero-order valence-electron chi connectivity index (χ0n) is 16.8. The van der Waals surface area contributed by atoms with Gasteiger partial charge in [-0.1, -0.05) is 84.9 Å². The molecule has 0 N–H and O–H groups in total. The summed E-state index contributed by atoms with van der Waals surface area (Å²) in [6.07, 6.45) is 2.43. The summed E-state index contributed by atoms with van der Waals surface area (Å²) in [5, 5.41) is 0. The van der Waals surface area contributed by atoms with Gasteiger partial charge in [-0.15, -0.1) is 0 Å². The Hall–Kier alpha value is -3.85. The predicted molar refractivity (Wildman–Crippen MR) is 123 cm³/mol. The Bertz CT molecular complexity index is 1120. The fourth-order valence-electron chi connectivity index (χ4n) is 3.40. The van der Waals surface area contributed by atoms with Crippen LogP contribution in [-0.2, 0) is 6.42 Å². The molecule has 0 amide bonds. The number of Topliss-reactive ketones (excluding diaryl/α,β-unsaturated/α-hetero) is 1. The molecule has 1 heterocycles. The summed E-state index contributed by atoms with van der Waals surface area (Å²) in [4.78, 5) is 20.9. The van der Waals surface area contributed by atoms with Gasteiger partial charge in [-0.3, -0.25) is 9.79 Å². The quantitative estimate of drug-likeness (QED) is 0.276. The van der Waals surface area contributed by atoms with E-state index in [0.717, 1.165) is 33.6 Å². The van der Waals surface area contributed by atoms with E-state index in [-0.39, 0.29) is 5.78 Å². The number of aromatic nitrogens is 1. The lowest BCUT2D eigenvalue weighted by molar-refractivity contribution is 0.101.